The molecule has 6 heteroatoms. The van der Waals surface area contributed by atoms with Crippen LogP contribution >= 0.6 is 0 Å². The minimum Gasteiger partial charge on any atom is -0.484 e. The van der Waals surface area contributed by atoms with Gasteiger partial charge in [-0.2, -0.15) is 9.97 Å². The van der Waals surface area contributed by atoms with Crippen LogP contribution in [-0.4, -0.2) is 24.1 Å². The fourth-order valence-electron chi connectivity index (χ4n) is 9.02. The van der Waals surface area contributed by atoms with E-state index >= 15 is 0 Å². The van der Waals surface area contributed by atoms with E-state index in [0.29, 0.717) is 17.6 Å². The second kappa shape index (κ2) is 12.5. The monoisotopic (exact) mass is 731 g/mol. The number of ether oxygens (including phenoxy) is 1. The fourth-order valence-corrected chi connectivity index (χ4v) is 9.02. The number of benzene rings is 7. The molecular formula is C51H33N5O. The summed E-state index contributed by atoms with van der Waals surface area (Å²) in [4.78, 5) is 15.8. The lowest BCUT2D eigenvalue weighted by molar-refractivity contribution is 0.225. The summed E-state index contributed by atoms with van der Waals surface area (Å²) in [7, 11) is 0. The number of para-hydroxylation sites is 5. The first-order chi connectivity index (χ1) is 28.3. The molecule has 4 heterocycles. The summed E-state index contributed by atoms with van der Waals surface area (Å²) in [5.74, 6) is 2.56. The predicted octanol–water partition coefficient (Wildman–Crippen LogP) is 12.2. The van der Waals surface area contributed by atoms with Gasteiger partial charge in [0.2, 0.25) is 5.95 Å². The van der Waals surface area contributed by atoms with Crippen molar-refractivity contribution in [2.24, 2.45) is 0 Å². The Morgan fingerprint density at radius 3 is 1.75 bits per heavy atom. The van der Waals surface area contributed by atoms with Gasteiger partial charge in [-0.3, -0.25) is 4.57 Å². The highest BCUT2D eigenvalue weighted by Gasteiger charge is 2.41. The fraction of sp³-hybridized carbons (Fsp3) is 0.0392. The van der Waals surface area contributed by atoms with Crippen molar-refractivity contribution >= 4 is 38.8 Å². The van der Waals surface area contributed by atoms with Crippen LogP contribution in [-0.2, 0) is 0 Å². The zero-order chi connectivity index (χ0) is 37.5. The molecule has 0 bridgehead atoms. The van der Waals surface area contributed by atoms with Gasteiger partial charge in [0.1, 0.15) is 11.9 Å². The first-order valence-corrected chi connectivity index (χ1v) is 19.4. The topological polar surface area (TPSA) is 57.8 Å². The molecule has 268 valence electrons. The van der Waals surface area contributed by atoms with Crippen molar-refractivity contribution in [2.45, 2.75) is 12.0 Å². The molecule has 12 rings (SSSR count). The predicted molar refractivity (Wildman–Crippen MR) is 229 cm³/mol. The molecule has 10 aromatic rings. The summed E-state index contributed by atoms with van der Waals surface area (Å²) in [5.41, 5.74) is 11.9. The van der Waals surface area contributed by atoms with Crippen LogP contribution < -0.4 is 4.74 Å². The summed E-state index contributed by atoms with van der Waals surface area (Å²) in [6, 6.07) is 61.4. The Balaban J connectivity index is 1.04. The summed E-state index contributed by atoms with van der Waals surface area (Å²) in [6.07, 6.45) is 4.37. The molecule has 0 fully saturated rings. The van der Waals surface area contributed by atoms with Gasteiger partial charge in [0.15, 0.2) is 11.6 Å². The van der Waals surface area contributed by atoms with E-state index in [-0.39, 0.29) is 12.0 Å². The molecule has 2 aliphatic rings. The Morgan fingerprint density at radius 1 is 0.456 bits per heavy atom. The van der Waals surface area contributed by atoms with Crippen LogP contribution in [0, 0.1) is 0 Å². The summed E-state index contributed by atoms with van der Waals surface area (Å²) < 4.78 is 11.7. The second-order valence-electron chi connectivity index (χ2n) is 14.7. The van der Waals surface area contributed by atoms with Gasteiger partial charge in [-0.25, -0.2) is 4.98 Å². The normalized spacial score (nSPS) is 15.4. The van der Waals surface area contributed by atoms with E-state index in [1.807, 2.05) is 6.07 Å². The van der Waals surface area contributed by atoms with Gasteiger partial charge in [-0.1, -0.05) is 146 Å². The molecule has 0 saturated heterocycles. The summed E-state index contributed by atoms with van der Waals surface area (Å²) in [6.45, 7) is 0. The van der Waals surface area contributed by atoms with Crippen LogP contribution in [0.4, 0.5) is 0 Å². The molecular weight excluding hydrogens is 699 g/mol. The van der Waals surface area contributed by atoms with Gasteiger partial charge >= 0.3 is 0 Å². The molecule has 1 aliphatic heterocycles. The van der Waals surface area contributed by atoms with Crippen molar-refractivity contribution in [1.82, 2.24) is 24.1 Å². The molecule has 0 spiro atoms. The number of nitrogens with zero attached hydrogens (tertiary/aromatic N) is 5. The van der Waals surface area contributed by atoms with Crippen LogP contribution in [0.2, 0.25) is 0 Å². The first kappa shape index (κ1) is 31.7. The van der Waals surface area contributed by atoms with Crippen molar-refractivity contribution in [3.8, 4) is 51.3 Å². The number of fused-ring (bicyclic) bond motifs is 10. The highest BCUT2D eigenvalue weighted by atomic mass is 16.5. The van der Waals surface area contributed by atoms with E-state index in [1.165, 1.54) is 10.9 Å². The maximum absolute atomic E-state index is 7.19. The molecule has 2 atom stereocenters. The van der Waals surface area contributed by atoms with E-state index in [0.717, 1.165) is 72.3 Å². The van der Waals surface area contributed by atoms with Gasteiger partial charge in [0.25, 0.3) is 0 Å². The van der Waals surface area contributed by atoms with Crippen molar-refractivity contribution in [3.63, 3.8) is 0 Å². The Labute approximate surface area is 328 Å². The number of aromatic nitrogens is 5. The number of rotatable bonds is 5. The van der Waals surface area contributed by atoms with E-state index in [2.05, 4.69) is 191 Å². The number of hydrogen-bond acceptors (Lipinski definition) is 4. The Bertz CT molecular complexity index is 3160. The Morgan fingerprint density at radius 2 is 1.04 bits per heavy atom. The average molecular weight is 732 g/mol. The third-order valence-corrected chi connectivity index (χ3v) is 11.6. The molecule has 3 aromatic heterocycles. The van der Waals surface area contributed by atoms with Crippen molar-refractivity contribution in [1.29, 1.82) is 0 Å². The molecule has 0 N–H and O–H groups in total. The lowest BCUT2D eigenvalue weighted by atomic mass is 9.85. The van der Waals surface area contributed by atoms with E-state index < -0.39 is 0 Å². The third-order valence-electron chi connectivity index (χ3n) is 11.6. The first-order valence-electron chi connectivity index (χ1n) is 19.4. The maximum atomic E-state index is 7.19. The highest BCUT2D eigenvalue weighted by molar-refractivity contribution is 6.09. The van der Waals surface area contributed by atoms with Crippen molar-refractivity contribution < 1.29 is 4.74 Å². The Hall–Kier alpha value is -7.57. The molecule has 2 unspecified atom stereocenters. The van der Waals surface area contributed by atoms with Gasteiger partial charge in [-0.15, -0.1) is 0 Å². The minimum atomic E-state index is -0.209. The smallest absolute Gasteiger partial charge is 0.238 e. The van der Waals surface area contributed by atoms with Crippen LogP contribution in [0.3, 0.4) is 0 Å². The lowest BCUT2D eigenvalue weighted by Gasteiger charge is -2.22. The van der Waals surface area contributed by atoms with E-state index in [9.17, 15) is 0 Å². The molecule has 7 aromatic carbocycles. The van der Waals surface area contributed by atoms with Gasteiger partial charge in [0.05, 0.1) is 27.8 Å². The summed E-state index contributed by atoms with van der Waals surface area (Å²) >= 11 is 0. The van der Waals surface area contributed by atoms with Gasteiger partial charge in [-0.05, 0) is 53.6 Å². The SMILES string of the molecule is C1=CC2c3cccc(-c4nc(-c5ccc(-c6ccccc6)cc5)nc(-n5c6ccccc6c6ccccc65)n4)c3OC2c2c1n(-c1ccccc1)c1ccccc21. The third kappa shape index (κ3) is 4.87. The molecule has 0 saturated carbocycles. The quantitative estimate of drug-likeness (QED) is 0.177. The molecule has 0 amide bonds. The van der Waals surface area contributed by atoms with Crippen LogP contribution in [0.15, 0.2) is 182 Å². The van der Waals surface area contributed by atoms with Crippen molar-refractivity contribution in [3.05, 3.63) is 199 Å². The highest BCUT2D eigenvalue weighted by Crippen LogP contribution is 2.55. The van der Waals surface area contributed by atoms with E-state index in [1.54, 1.807) is 0 Å². The second-order valence-corrected chi connectivity index (χ2v) is 14.7. The Kier molecular flexibility index (Phi) is 6.95. The summed E-state index contributed by atoms with van der Waals surface area (Å²) in [5, 5.41) is 3.49. The van der Waals surface area contributed by atoms with Gasteiger partial charge in [0, 0.05) is 44.5 Å². The van der Waals surface area contributed by atoms with Gasteiger partial charge < -0.3 is 9.30 Å². The molecule has 57 heavy (non-hydrogen) atoms. The standard InChI is InChI=1S/C51H33N5O/c1-3-14-32(15-4-1)33-26-28-34(29-27-33)49-52-50(54-51(53-49)56-42-23-10-7-18-36(42)37-19-8-11-24-43(37)56)41-22-13-21-38-39-30-31-45-46(48(39)57-47(38)41)40-20-9-12-25-44(40)55(45)35-16-5-2-6-17-35/h1-31,39,48H. The maximum Gasteiger partial charge on any atom is 0.238 e. The van der Waals surface area contributed by atoms with E-state index in [4.69, 9.17) is 19.7 Å². The zero-order valence-electron chi connectivity index (χ0n) is 30.7. The zero-order valence-corrected chi connectivity index (χ0v) is 30.7. The molecule has 1 aliphatic carbocycles. The number of hydrogen-bond donors (Lipinski definition) is 0. The van der Waals surface area contributed by atoms with Crippen molar-refractivity contribution in [2.75, 3.05) is 0 Å². The average Bonchev–Trinajstić information content (AvgIpc) is 3.95. The van der Waals surface area contributed by atoms with Crippen LogP contribution in [0.25, 0.3) is 84.3 Å². The largest absolute Gasteiger partial charge is 0.484 e. The molecule has 0 radical (unpaired) electrons. The molecule has 6 nitrogen and oxygen atoms in total. The van der Waals surface area contributed by atoms with Crippen LogP contribution in [0.5, 0.6) is 5.75 Å². The van der Waals surface area contributed by atoms with Crippen LogP contribution in [0.1, 0.15) is 28.8 Å². The minimum absolute atomic E-state index is 0.0334. The lowest BCUT2D eigenvalue weighted by Crippen LogP contribution is -2.13.